The number of likely N-dealkylation sites (tertiary alicyclic amines) is 1. The highest BCUT2D eigenvalue weighted by molar-refractivity contribution is 5.94. The van der Waals surface area contributed by atoms with Gasteiger partial charge in [0, 0.05) is 27.8 Å². The highest BCUT2D eigenvalue weighted by Crippen LogP contribution is 2.35. The number of carbonyl (C=O) groups is 1. The smallest absolute Gasteiger partial charge is 0.406 e. The van der Waals surface area contributed by atoms with Crippen molar-refractivity contribution in [3.63, 3.8) is 0 Å². The van der Waals surface area contributed by atoms with Crippen LogP contribution in [0.5, 0.6) is 5.75 Å². The Balaban J connectivity index is 1.25. The minimum absolute atomic E-state index is 0.294. The van der Waals surface area contributed by atoms with Crippen molar-refractivity contribution < 1.29 is 32.2 Å². The Morgan fingerprint density at radius 1 is 1.10 bits per heavy atom. The molecule has 10 heteroatoms. The SMILES string of the molecule is CC(O)C(=O)Nc1cccc(C2CCN(CCCc3c(-c4cccc(F)c4)[nH]c4ccc(OC(F)(F)F)cc34)CC2)c1. The van der Waals surface area contributed by atoms with E-state index in [2.05, 4.69) is 26.0 Å². The number of aliphatic hydroxyl groups is 1. The molecular weight excluding hydrogens is 550 g/mol. The molecule has 0 aliphatic carbocycles. The zero-order valence-corrected chi connectivity index (χ0v) is 23.2. The number of halogens is 4. The van der Waals surface area contributed by atoms with Crippen LogP contribution in [0.2, 0.25) is 0 Å². The van der Waals surface area contributed by atoms with Crippen LogP contribution in [-0.2, 0) is 11.2 Å². The van der Waals surface area contributed by atoms with Gasteiger partial charge in [-0.2, -0.15) is 0 Å². The van der Waals surface area contributed by atoms with Gasteiger partial charge in [-0.1, -0.05) is 24.3 Å². The van der Waals surface area contributed by atoms with Gasteiger partial charge in [-0.25, -0.2) is 4.39 Å². The summed E-state index contributed by atoms with van der Waals surface area (Å²) in [6, 6.07) is 18.1. The van der Waals surface area contributed by atoms with Gasteiger partial charge in [-0.3, -0.25) is 4.79 Å². The highest BCUT2D eigenvalue weighted by atomic mass is 19.4. The molecule has 5 rings (SSSR count). The number of carbonyl (C=O) groups excluding carboxylic acids is 1. The molecule has 3 N–H and O–H groups in total. The number of hydrogen-bond acceptors (Lipinski definition) is 4. The molecule has 1 fully saturated rings. The van der Waals surface area contributed by atoms with Gasteiger partial charge in [0.05, 0.1) is 0 Å². The summed E-state index contributed by atoms with van der Waals surface area (Å²) >= 11 is 0. The molecule has 4 aromatic rings. The summed E-state index contributed by atoms with van der Waals surface area (Å²) in [7, 11) is 0. The molecular formula is C32H33F4N3O3. The topological polar surface area (TPSA) is 77.6 Å². The normalized spacial score (nSPS) is 15.6. The van der Waals surface area contributed by atoms with E-state index in [0.29, 0.717) is 40.2 Å². The maximum Gasteiger partial charge on any atom is 0.573 e. The van der Waals surface area contributed by atoms with Gasteiger partial charge in [0.15, 0.2) is 0 Å². The molecule has 3 aromatic carbocycles. The molecule has 1 atom stereocenters. The van der Waals surface area contributed by atoms with Crippen LogP contribution in [0, 0.1) is 5.82 Å². The van der Waals surface area contributed by atoms with E-state index in [1.54, 1.807) is 24.3 Å². The number of alkyl halides is 3. The number of nitrogens with one attached hydrogen (secondary N) is 2. The zero-order chi connectivity index (χ0) is 29.9. The van der Waals surface area contributed by atoms with Crippen molar-refractivity contribution in [2.24, 2.45) is 0 Å². The Kier molecular flexibility index (Phi) is 8.84. The van der Waals surface area contributed by atoms with Crippen LogP contribution in [0.3, 0.4) is 0 Å². The lowest BCUT2D eigenvalue weighted by Crippen LogP contribution is -2.34. The van der Waals surface area contributed by atoms with E-state index in [-0.39, 0.29) is 5.75 Å². The van der Waals surface area contributed by atoms with Crippen molar-refractivity contribution in [3.05, 3.63) is 83.7 Å². The summed E-state index contributed by atoms with van der Waals surface area (Å²) in [6.07, 6.45) is -2.62. The first kappa shape index (κ1) is 29.6. The third-order valence-corrected chi connectivity index (χ3v) is 7.72. The number of piperidine rings is 1. The molecule has 2 heterocycles. The first-order valence-corrected chi connectivity index (χ1v) is 14.0. The van der Waals surface area contributed by atoms with Gasteiger partial charge in [0.2, 0.25) is 0 Å². The van der Waals surface area contributed by atoms with Gasteiger partial charge in [-0.15, -0.1) is 13.2 Å². The Morgan fingerprint density at radius 2 is 1.86 bits per heavy atom. The predicted molar refractivity (Wildman–Crippen MR) is 154 cm³/mol. The molecule has 1 aliphatic heterocycles. The second kappa shape index (κ2) is 12.5. The lowest BCUT2D eigenvalue weighted by atomic mass is 9.89. The van der Waals surface area contributed by atoms with Crippen LogP contribution in [0.4, 0.5) is 23.2 Å². The Morgan fingerprint density at radius 3 is 2.57 bits per heavy atom. The number of aliphatic hydroxyl groups excluding tert-OH is 1. The van der Waals surface area contributed by atoms with E-state index < -0.39 is 24.2 Å². The number of ether oxygens (including phenoxy) is 1. The lowest BCUT2D eigenvalue weighted by molar-refractivity contribution is -0.274. The largest absolute Gasteiger partial charge is 0.573 e. The van der Waals surface area contributed by atoms with Crippen LogP contribution in [0.15, 0.2) is 66.7 Å². The first-order chi connectivity index (χ1) is 20.1. The minimum atomic E-state index is -4.80. The first-order valence-electron chi connectivity index (χ1n) is 14.0. The molecule has 0 spiro atoms. The quantitative estimate of drug-likeness (QED) is 0.185. The fourth-order valence-corrected chi connectivity index (χ4v) is 5.66. The maximum absolute atomic E-state index is 14.1. The van der Waals surface area contributed by atoms with Crippen molar-refractivity contribution in [1.82, 2.24) is 9.88 Å². The number of H-pyrrole nitrogens is 1. The number of aromatic nitrogens is 1. The van der Waals surface area contributed by atoms with Crippen LogP contribution < -0.4 is 10.1 Å². The van der Waals surface area contributed by atoms with E-state index in [1.807, 2.05) is 12.1 Å². The van der Waals surface area contributed by atoms with Crippen molar-refractivity contribution in [3.8, 4) is 17.0 Å². The van der Waals surface area contributed by atoms with Crippen molar-refractivity contribution >= 4 is 22.5 Å². The second-order valence-electron chi connectivity index (χ2n) is 10.8. The van der Waals surface area contributed by atoms with Crippen molar-refractivity contribution in [2.45, 2.75) is 51.0 Å². The number of nitrogens with zero attached hydrogens (tertiary/aromatic N) is 1. The Labute approximate surface area is 241 Å². The molecule has 222 valence electrons. The van der Waals surface area contributed by atoms with Gasteiger partial charge < -0.3 is 25.0 Å². The Bertz CT molecular complexity index is 1540. The maximum atomic E-state index is 14.1. The van der Waals surface area contributed by atoms with Crippen LogP contribution in [0.1, 0.15) is 43.2 Å². The van der Waals surface area contributed by atoms with E-state index in [1.165, 1.54) is 31.2 Å². The molecule has 1 unspecified atom stereocenters. The van der Waals surface area contributed by atoms with Crippen molar-refractivity contribution in [2.75, 3.05) is 25.0 Å². The number of fused-ring (bicyclic) bond motifs is 1. The standard InChI is InChI=1S/C32H33F4N3O3/c1-20(40)31(41)37-25-8-3-5-22(18-25)21-12-15-39(16-13-21)14-4-9-27-28-19-26(42-32(34,35)36)10-11-29(28)38-30(27)23-6-2-7-24(33)17-23/h2-3,5-8,10-11,17-21,38,40H,4,9,12-16H2,1H3,(H,37,41). The number of aromatic amines is 1. The number of rotatable bonds is 9. The molecule has 1 amide bonds. The third-order valence-electron chi connectivity index (χ3n) is 7.72. The van der Waals surface area contributed by atoms with E-state index in [0.717, 1.165) is 50.0 Å². The van der Waals surface area contributed by atoms with Gasteiger partial charge in [-0.05, 0) is 112 Å². The fourth-order valence-electron chi connectivity index (χ4n) is 5.66. The average molecular weight is 584 g/mol. The summed E-state index contributed by atoms with van der Waals surface area (Å²) in [5.41, 5.74) is 4.62. The predicted octanol–water partition coefficient (Wildman–Crippen LogP) is 7.00. The molecule has 0 saturated carbocycles. The summed E-state index contributed by atoms with van der Waals surface area (Å²) in [6.45, 7) is 4.02. The van der Waals surface area contributed by atoms with Crippen LogP contribution in [-0.4, -0.2) is 53.0 Å². The van der Waals surface area contributed by atoms with Gasteiger partial charge in [0.25, 0.3) is 5.91 Å². The van der Waals surface area contributed by atoms with Gasteiger partial charge in [0.1, 0.15) is 17.7 Å². The van der Waals surface area contributed by atoms with E-state index in [9.17, 15) is 27.5 Å². The number of anilines is 1. The monoisotopic (exact) mass is 583 g/mol. The van der Waals surface area contributed by atoms with Crippen molar-refractivity contribution in [1.29, 1.82) is 0 Å². The van der Waals surface area contributed by atoms with Crippen LogP contribution in [0.25, 0.3) is 22.2 Å². The Hall–Kier alpha value is -3.89. The summed E-state index contributed by atoms with van der Waals surface area (Å²) in [5, 5.41) is 12.8. The zero-order valence-electron chi connectivity index (χ0n) is 23.2. The summed E-state index contributed by atoms with van der Waals surface area (Å²) in [4.78, 5) is 17.5. The molecule has 0 radical (unpaired) electrons. The minimum Gasteiger partial charge on any atom is -0.406 e. The number of benzene rings is 3. The van der Waals surface area contributed by atoms with Gasteiger partial charge >= 0.3 is 6.36 Å². The molecule has 1 saturated heterocycles. The second-order valence-corrected chi connectivity index (χ2v) is 10.8. The number of aryl methyl sites for hydroxylation is 1. The fraction of sp³-hybridized carbons (Fsp3) is 0.344. The van der Waals surface area contributed by atoms with E-state index >= 15 is 0 Å². The van der Waals surface area contributed by atoms with E-state index in [4.69, 9.17) is 0 Å². The molecule has 42 heavy (non-hydrogen) atoms. The summed E-state index contributed by atoms with van der Waals surface area (Å²) < 4.78 is 56.9. The molecule has 6 nitrogen and oxygen atoms in total. The number of amides is 1. The molecule has 1 aliphatic rings. The highest BCUT2D eigenvalue weighted by Gasteiger charge is 2.31. The number of hydrogen-bond donors (Lipinski definition) is 3. The third kappa shape index (κ3) is 7.30. The molecule has 1 aromatic heterocycles. The molecule has 0 bridgehead atoms. The lowest BCUT2D eigenvalue weighted by Gasteiger charge is -2.32. The van der Waals surface area contributed by atoms with Crippen LogP contribution >= 0.6 is 0 Å². The average Bonchev–Trinajstić information content (AvgIpc) is 3.30. The summed E-state index contributed by atoms with van der Waals surface area (Å²) in [5.74, 6) is -0.777.